The van der Waals surface area contributed by atoms with E-state index in [-0.39, 0.29) is 12.5 Å². The highest BCUT2D eigenvalue weighted by molar-refractivity contribution is 6.30. The molecule has 4 amide bonds. The molecule has 0 bridgehead atoms. The smallest absolute Gasteiger partial charge is 0.407 e. The third-order valence-electron chi connectivity index (χ3n) is 6.54. The zero-order chi connectivity index (χ0) is 25.0. The number of nitrogens with zero attached hydrogens (tertiary/aromatic N) is 5. The highest BCUT2D eigenvalue weighted by Gasteiger charge is 2.36. The summed E-state index contributed by atoms with van der Waals surface area (Å²) in [6.45, 7) is 3.70. The maximum atomic E-state index is 12.7. The second kappa shape index (κ2) is 10.5. The van der Waals surface area contributed by atoms with Crippen LogP contribution in [0.1, 0.15) is 18.6 Å². The zero-order valence-electron chi connectivity index (χ0n) is 19.6. The molecule has 4 rings (SSSR count). The van der Waals surface area contributed by atoms with Gasteiger partial charge in [-0.05, 0) is 49.2 Å². The second-order valence-electron chi connectivity index (χ2n) is 9.11. The lowest BCUT2D eigenvalue weighted by Crippen LogP contribution is -2.58. The number of quaternary nitrogens is 1. The van der Waals surface area contributed by atoms with Gasteiger partial charge in [-0.3, -0.25) is 14.6 Å². The van der Waals surface area contributed by atoms with E-state index in [1.54, 1.807) is 24.3 Å². The van der Waals surface area contributed by atoms with E-state index in [2.05, 4.69) is 12.1 Å². The number of carbonyl (C=O) groups excluding carboxylic acids is 2. The average molecular weight is 503 g/mol. The molecular formula is C24H29ClN5O5+. The number of piperazine rings is 1. The van der Waals surface area contributed by atoms with Gasteiger partial charge in [0.05, 0.1) is 46.0 Å². The fraction of sp³-hybridized carbons (Fsp3) is 0.417. The van der Waals surface area contributed by atoms with Gasteiger partial charge in [0.1, 0.15) is 18.1 Å². The van der Waals surface area contributed by atoms with E-state index in [1.807, 2.05) is 12.1 Å². The van der Waals surface area contributed by atoms with Crippen LogP contribution in [0.2, 0.25) is 5.02 Å². The Balaban J connectivity index is 1.24. The predicted octanol–water partition coefficient (Wildman–Crippen LogP) is 3.42. The van der Waals surface area contributed by atoms with Gasteiger partial charge in [0.15, 0.2) is 0 Å². The van der Waals surface area contributed by atoms with Crippen LogP contribution in [0, 0.1) is 0 Å². The Labute approximate surface area is 208 Å². The van der Waals surface area contributed by atoms with Crippen molar-refractivity contribution in [1.82, 2.24) is 14.8 Å². The average Bonchev–Trinajstić information content (AvgIpc) is 3.41. The summed E-state index contributed by atoms with van der Waals surface area (Å²) in [4.78, 5) is 38.8. The molecule has 2 fully saturated rings. The second-order valence-corrected chi connectivity index (χ2v) is 9.54. The van der Waals surface area contributed by atoms with Crippen LogP contribution in [-0.2, 0) is 4.79 Å². The van der Waals surface area contributed by atoms with Gasteiger partial charge in [0, 0.05) is 17.1 Å². The molecular weight excluding hydrogens is 474 g/mol. The maximum absolute atomic E-state index is 12.7. The fourth-order valence-electron chi connectivity index (χ4n) is 4.28. The Morgan fingerprint density at radius 1 is 1.14 bits per heavy atom. The summed E-state index contributed by atoms with van der Waals surface area (Å²) in [5.74, 6) is 0.840. The number of imide groups is 1. The highest BCUT2D eigenvalue weighted by atomic mass is 35.5. The molecule has 2 aliphatic heterocycles. The predicted molar refractivity (Wildman–Crippen MR) is 130 cm³/mol. The number of unbranched alkanes of at least 4 members (excludes halogenated alkanes) is 1. The number of urea groups is 1. The van der Waals surface area contributed by atoms with Crippen LogP contribution in [0.15, 0.2) is 45.9 Å². The molecule has 0 radical (unpaired) electrons. The summed E-state index contributed by atoms with van der Waals surface area (Å²) < 4.78 is 6.55. The minimum Gasteiger partial charge on any atom is -0.465 e. The first-order chi connectivity index (χ1) is 16.7. The van der Waals surface area contributed by atoms with Crippen LogP contribution in [-0.4, -0.2) is 102 Å². The molecule has 1 N–H and O–H groups in total. The third kappa shape index (κ3) is 6.01. The minimum absolute atomic E-state index is 0.0983. The number of amides is 4. The largest absolute Gasteiger partial charge is 0.465 e. The van der Waals surface area contributed by atoms with Crippen molar-refractivity contribution in [3.63, 3.8) is 0 Å². The molecule has 0 atom stereocenters. The molecule has 2 aliphatic rings. The first-order valence-electron chi connectivity index (χ1n) is 11.6. The van der Waals surface area contributed by atoms with Crippen LogP contribution in [0.4, 0.5) is 9.59 Å². The van der Waals surface area contributed by atoms with Crippen molar-refractivity contribution in [3.05, 3.63) is 47.2 Å². The van der Waals surface area contributed by atoms with E-state index in [1.165, 1.54) is 16.0 Å². The molecule has 1 aromatic carbocycles. The Morgan fingerprint density at radius 2 is 1.86 bits per heavy atom. The number of benzene rings is 1. The van der Waals surface area contributed by atoms with Crippen molar-refractivity contribution < 1.29 is 28.4 Å². The summed E-state index contributed by atoms with van der Waals surface area (Å²) in [6.07, 6.45) is 2.08. The van der Waals surface area contributed by atoms with Gasteiger partial charge >= 0.3 is 12.1 Å². The summed E-state index contributed by atoms with van der Waals surface area (Å²) in [7, 11) is 2.12. The summed E-state index contributed by atoms with van der Waals surface area (Å²) in [5.41, 5.74) is 0.868. The Hall–Kier alpha value is -3.37. The van der Waals surface area contributed by atoms with E-state index in [0.717, 1.165) is 41.1 Å². The van der Waals surface area contributed by atoms with Crippen LogP contribution < -0.4 is 0 Å². The number of furan rings is 1. The molecule has 35 heavy (non-hydrogen) atoms. The van der Waals surface area contributed by atoms with Crippen LogP contribution in [0.3, 0.4) is 0 Å². The summed E-state index contributed by atoms with van der Waals surface area (Å²) >= 11 is 5.92. The lowest BCUT2D eigenvalue weighted by Gasteiger charge is -2.41. The van der Waals surface area contributed by atoms with Gasteiger partial charge in [-0.1, -0.05) is 11.6 Å². The molecule has 186 valence electrons. The molecule has 2 saturated heterocycles. The van der Waals surface area contributed by atoms with Crippen molar-refractivity contribution >= 4 is 35.8 Å². The monoisotopic (exact) mass is 502 g/mol. The number of halogens is 1. The summed E-state index contributed by atoms with van der Waals surface area (Å²) in [6, 6.07) is 10.4. The Kier molecular flexibility index (Phi) is 7.42. The summed E-state index contributed by atoms with van der Waals surface area (Å²) in [5, 5.41) is 15.0. The normalized spacial score (nSPS) is 18.2. The Morgan fingerprint density at radius 3 is 2.54 bits per heavy atom. The molecule has 0 saturated carbocycles. The number of likely N-dealkylation sites (N-methyl/N-ethyl adjacent to an activating group) is 1. The fourth-order valence-corrected chi connectivity index (χ4v) is 4.41. The van der Waals surface area contributed by atoms with Crippen molar-refractivity contribution in [1.29, 1.82) is 0 Å². The number of hydrogen-bond donors (Lipinski definition) is 1. The molecule has 3 heterocycles. The number of carboxylic acid groups (broad SMARTS) is 1. The number of carbonyl (C=O) groups is 3. The number of hydrogen-bond acceptors (Lipinski definition) is 5. The SMILES string of the molecule is C[N+]1(CCCCN2C(=O)CN(N=Cc3ccc(-c4ccc(Cl)cc4)o3)C2=O)CCN(C(=O)O)CC1. The van der Waals surface area contributed by atoms with Crippen LogP contribution >= 0.6 is 11.6 Å². The van der Waals surface area contributed by atoms with Crippen LogP contribution in [0.25, 0.3) is 11.3 Å². The van der Waals surface area contributed by atoms with E-state index in [0.29, 0.717) is 42.6 Å². The lowest BCUT2D eigenvalue weighted by molar-refractivity contribution is -0.913. The van der Waals surface area contributed by atoms with Gasteiger partial charge < -0.3 is 14.0 Å². The van der Waals surface area contributed by atoms with Gasteiger partial charge in [-0.15, -0.1) is 0 Å². The number of rotatable bonds is 8. The van der Waals surface area contributed by atoms with Crippen molar-refractivity contribution in [2.75, 3.05) is 52.9 Å². The van der Waals surface area contributed by atoms with Gasteiger partial charge in [-0.25, -0.2) is 14.6 Å². The molecule has 11 heteroatoms. The van der Waals surface area contributed by atoms with E-state index in [9.17, 15) is 14.4 Å². The minimum atomic E-state index is -0.872. The highest BCUT2D eigenvalue weighted by Crippen LogP contribution is 2.23. The standard InChI is InChI=1S/C24H28ClN5O5/c1-30(14-11-27(12-15-30)24(33)34)13-3-2-10-28-22(31)17-29(23(28)32)26-16-20-8-9-21(35-20)18-4-6-19(25)7-5-18/h4-9,16H,2-3,10-15,17H2,1H3/p+1. The topological polar surface area (TPSA) is 107 Å². The van der Waals surface area contributed by atoms with Gasteiger partial charge in [0.25, 0.3) is 5.91 Å². The van der Waals surface area contributed by atoms with E-state index in [4.69, 9.17) is 21.1 Å². The van der Waals surface area contributed by atoms with E-state index < -0.39 is 12.1 Å². The lowest BCUT2D eigenvalue weighted by atomic mass is 10.2. The Bertz CT molecular complexity index is 1110. The maximum Gasteiger partial charge on any atom is 0.407 e. The zero-order valence-corrected chi connectivity index (χ0v) is 20.4. The molecule has 1 aromatic heterocycles. The molecule has 0 spiro atoms. The number of hydrazone groups is 1. The molecule has 0 unspecified atom stereocenters. The third-order valence-corrected chi connectivity index (χ3v) is 6.79. The van der Waals surface area contributed by atoms with Crippen molar-refractivity contribution in [3.8, 4) is 11.3 Å². The van der Waals surface area contributed by atoms with E-state index >= 15 is 0 Å². The first-order valence-corrected chi connectivity index (χ1v) is 11.9. The van der Waals surface area contributed by atoms with Gasteiger partial charge in [0.2, 0.25) is 0 Å². The molecule has 10 nitrogen and oxygen atoms in total. The van der Waals surface area contributed by atoms with Crippen LogP contribution in [0.5, 0.6) is 0 Å². The van der Waals surface area contributed by atoms with Crippen molar-refractivity contribution in [2.24, 2.45) is 5.10 Å². The molecule has 0 aliphatic carbocycles. The molecule has 2 aromatic rings. The van der Waals surface area contributed by atoms with Gasteiger partial charge in [-0.2, -0.15) is 5.10 Å². The van der Waals surface area contributed by atoms with Crippen molar-refractivity contribution in [2.45, 2.75) is 12.8 Å². The quantitative estimate of drug-likeness (QED) is 0.257. The first kappa shape index (κ1) is 24.7.